The Morgan fingerprint density at radius 2 is 1.90 bits per heavy atom. The van der Waals surface area contributed by atoms with E-state index in [1.807, 2.05) is 4.98 Å². The molecule has 0 amide bonds. The minimum Gasteiger partial charge on any atom is -0.477 e. The molecular formula is C12H18N4O4. The van der Waals surface area contributed by atoms with Crippen molar-refractivity contribution in [1.29, 1.82) is 0 Å². The number of H-pyrrole nitrogens is 1. The van der Waals surface area contributed by atoms with Gasteiger partial charge in [0.1, 0.15) is 5.56 Å². The largest absolute Gasteiger partial charge is 0.477 e. The second-order valence-electron chi connectivity index (χ2n) is 4.95. The highest BCUT2D eigenvalue weighted by Gasteiger charge is 2.15. The van der Waals surface area contributed by atoms with Gasteiger partial charge in [-0.05, 0) is 7.05 Å². The molecule has 2 rings (SSSR count). The van der Waals surface area contributed by atoms with Crippen molar-refractivity contribution in [3.05, 3.63) is 32.6 Å². The van der Waals surface area contributed by atoms with Crippen LogP contribution in [0.5, 0.6) is 0 Å². The normalized spacial score (nSPS) is 17.2. The van der Waals surface area contributed by atoms with Gasteiger partial charge in [-0.25, -0.2) is 9.59 Å². The zero-order valence-corrected chi connectivity index (χ0v) is 11.3. The summed E-state index contributed by atoms with van der Waals surface area (Å²) < 4.78 is 1.24. The summed E-state index contributed by atoms with van der Waals surface area (Å²) in [5, 5.41) is 8.88. The second-order valence-corrected chi connectivity index (χ2v) is 4.95. The van der Waals surface area contributed by atoms with E-state index in [1.54, 1.807) is 0 Å². The van der Waals surface area contributed by atoms with Crippen LogP contribution in [0.3, 0.4) is 0 Å². The molecule has 2 heterocycles. The molecule has 1 fully saturated rings. The zero-order valence-electron chi connectivity index (χ0n) is 11.3. The van der Waals surface area contributed by atoms with Crippen molar-refractivity contribution in [2.45, 2.75) is 6.54 Å². The Morgan fingerprint density at radius 3 is 2.50 bits per heavy atom. The standard InChI is InChI=1S/C12H18N4O4/c1-14-2-4-15(5-3-14)6-7-16-8-9(11(18)19)10(17)13-12(16)20/h8H,2-7H2,1H3,(H,18,19)(H,13,17,20). The molecule has 0 aliphatic carbocycles. The first kappa shape index (κ1) is 14.5. The lowest BCUT2D eigenvalue weighted by molar-refractivity contribution is 0.0693. The summed E-state index contributed by atoms with van der Waals surface area (Å²) >= 11 is 0. The monoisotopic (exact) mass is 282 g/mol. The smallest absolute Gasteiger partial charge is 0.342 e. The summed E-state index contributed by atoms with van der Waals surface area (Å²) in [6, 6.07) is 0. The van der Waals surface area contributed by atoms with Gasteiger partial charge in [-0.2, -0.15) is 0 Å². The van der Waals surface area contributed by atoms with Gasteiger partial charge < -0.3 is 10.0 Å². The van der Waals surface area contributed by atoms with Crippen molar-refractivity contribution in [3.8, 4) is 0 Å². The van der Waals surface area contributed by atoms with Crippen LogP contribution >= 0.6 is 0 Å². The average molecular weight is 282 g/mol. The highest BCUT2D eigenvalue weighted by atomic mass is 16.4. The third-order valence-electron chi connectivity index (χ3n) is 3.49. The molecule has 0 aromatic carbocycles. The van der Waals surface area contributed by atoms with Crippen LogP contribution < -0.4 is 11.2 Å². The number of carboxylic acid groups (broad SMARTS) is 1. The maximum absolute atomic E-state index is 11.6. The molecule has 0 saturated carbocycles. The first-order valence-electron chi connectivity index (χ1n) is 6.45. The minimum atomic E-state index is -1.33. The van der Waals surface area contributed by atoms with Crippen LogP contribution in [-0.4, -0.2) is 70.2 Å². The molecule has 1 saturated heterocycles. The molecule has 110 valence electrons. The SMILES string of the molecule is CN1CCN(CCn2cc(C(=O)O)c(=O)[nH]c2=O)CC1. The Labute approximate surface area is 115 Å². The fourth-order valence-corrected chi connectivity index (χ4v) is 2.15. The van der Waals surface area contributed by atoms with Gasteiger partial charge in [0, 0.05) is 45.5 Å². The lowest BCUT2D eigenvalue weighted by atomic mass is 10.3. The Bertz CT molecular complexity index is 598. The Morgan fingerprint density at radius 1 is 1.25 bits per heavy atom. The molecule has 1 aromatic heterocycles. The molecule has 0 spiro atoms. The highest BCUT2D eigenvalue weighted by Crippen LogP contribution is 1.99. The lowest BCUT2D eigenvalue weighted by Crippen LogP contribution is -2.46. The van der Waals surface area contributed by atoms with E-state index < -0.39 is 22.8 Å². The molecule has 0 bridgehead atoms. The third kappa shape index (κ3) is 3.34. The molecule has 1 aliphatic rings. The quantitative estimate of drug-likeness (QED) is 0.696. The number of aromatic nitrogens is 2. The number of carboxylic acids is 1. The topological polar surface area (TPSA) is 98.6 Å². The van der Waals surface area contributed by atoms with Gasteiger partial charge in [-0.15, -0.1) is 0 Å². The number of carbonyl (C=O) groups is 1. The first-order chi connectivity index (χ1) is 9.47. The number of piperazine rings is 1. The summed E-state index contributed by atoms with van der Waals surface area (Å²) in [6.45, 7) is 4.79. The molecule has 0 radical (unpaired) electrons. The van der Waals surface area contributed by atoms with Crippen LogP contribution in [-0.2, 0) is 6.54 Å². The second kappa shape index (κ2) is 6.02. The number of likely N-dealkylation sites (N-methyl/N-ethyl adjacent to an activating group) is 1. The number of hydrogen-bond acceptors (Lipinski definition) is 5. The van der Waals surface area contributed by atoms with Crippen LogP contribution in [0.1, 0.15) is 10.4 Å². The van der Waals surface area contributed by atoms with E-state index in [0.717, 1.165) is 32.4 Å². The summed E-state index contributed by atoms with van der Waals surface area (Å²) in [4.78, 5) is 40.3. The van der Waals surface area contributed by atoms with Crippen LogP contribution in [0.25, 0.3) is 0 Å². The van der Waals surface area contributed by atoms with Gasteiger partial charge in [-0.3, -0.25) is 19.2 Å². The van der Waals surface area contributed by atoms with E-state index in [4.69, 9.17) is 5.11 Å². The van der Waals surface area contributed by atoms with Crippen molar-refractivity contribution >= 4 is 5.97 Å². The van der Waals surface area contributed by atoms with Gasteiger partial charge >= 0.3 is 11.7 Å². The Kier molecular flexibility index (Phi) is 4.35. The molecular weight excluding hydrogens is 264 g/mol. The number of nitrogens with zero attached hydrogens (tertiary/aromatic N) is 3. The fraction of sp³-hybridized carbons (Fsp3) is 0.583. The van der Waals surface area contributed by atoms with Crippen molar-refractivity contribution in [3.63, 3.8) is 0 Å². The number of nitrogens with one attached hydrogen (secondary N) is 1. The molecule has 8 nitrogen and oxygen atoms in total. The maximum atomic E-state index is 11.6. The van der Waals surface area contributed by atoms with Gasteiger partial charge in [0.05, 0.1) is 0 Å². The van der Waals surface area contributed by atoms with Gasteiger partial charge in [0.25, 0.3) is 5.56 Å². The Balaban J connectivity index is 2.06. The average Bonchev–Trinajstić information content (AvgIpc) is 2.39. The number of hydrogen-bond donors (Lipinski definition) is 2. The van der Waals surface area contributed by atoms with E-state index in [0.29, 0.717) is 13.1 Å². The van der Waals surface area contributed by atoms with E-state index in [-0.39, 0.29) is 0 Å². The van der Waals surface area contributed by atoms with E-state index in [2.05, 4.69) is 16.8 Å². The predicted molar refractivity (Wildman–Crippen MR) is 72.2 cm³/mol. The molecule has 2 N–H and O–H groups in total. The van der Waals surface area contributed by atoms with Crippen LogP contribution in [0.2, 0.25) is 0 Å². The van der Waals surface area contributed by atoms with Crippen molar-refractivity contribution < 1.29 is 9.90 Å². The summed E-state index contributed by atoms with van der Waals surface area (Å²) in [5.41, 5.74) is -1.85. The van der Waals surface area contributed by atoms with Crippen molar-refractivity contribution in [2.75, 3.05) is 39.8 Å². The molecule has 1 aromatic rings. The van der Waals surface area contributed by atoms with Crippen molar-refractivity contribution in [1.82, 2.24) is 19.4 Å². The third-order valence-corrected chi connectivity index (χ3v) is 3.49. The lowest BCUT2D eigenvalue weighted by Gasteiger charge is -2.32. The van der Waals surface area contributed by atoms with Gasteiger partial charge in [0.15, 0.2) is 0 Å². The highest BCUT2D eigenvalue weighted by molar-refractivity contribution is 5.86. The Hall–Kier alpha value is -1.93. The predicted octanol–water partition coefficient (Wildman–Crippen LogP) is -1.52. The van der Waals surface area contributed by atoms with Crippen LogP contribution in [0.4, 0.5) is 0 Å². The van der Waals surface area contributed by atoms with E-state index in [1.165, 1.54) is 4.57 Å². The van der Waals surface area contributed by atoms with Crippen LogP contribution in [0.15, 0.2) is 15.8 Å². The summed E-state index contributed by atoms with van der Waals surface area (Å²) in [5.74, 6) is -1.33. The number of aromatic amines is 1. The fourth-order valence-electron chi connectivity index (χ4n) is 2.15. The maximum Gasteiger partial charge on any atom is 0.342 e. The minimum absolute atomic E-state index is 0.361. The number of aromatic carboxylic acids is 1. The molecule has 0 unspecified atom stereocenters. The molecule has 1 aliphatic heterocycles. The molecule has 0 atom stereocenters. The summed E-state index contributed by atoms with van der Waals surface area (Å²) in [6.07, 6.45) is 1.11. The van der Waals surface area contributed by atoms with E-state index >= 15 is 0 Å². The van der Waals surface area contributed by atoms with Gasteiger partial charge in [0.2, 0.25) is 0 Å². The number of rotatable bonds is 4. The van der Waals surface area contributed by atoms with Crippen molar-refractivity contribution in [2.24, 2.45) is 0 Å². The molecule has 20 heavy (non-hydrogen) atoms. The van der Waals surface area contributed by atoms with Crippen LogP contribution in [0, 0.1) is 0 Å². The first-order valence-corrected chi connectivity index (χ1v) is 6.45. The molecule has 8 heteroatoms. The summed E-state index contributed by atoms with van der Waals surface area (Å²) in [7, 11) is 2.06. The van der Waals surface area contributed by atoms with E-state index in [9.17, 15) is 14.4 Å². The van der Waals surface area contributed by atoms with Gasteiger partial charge in [-0.1, -0.05) is 0 Å². The zero-order chi connectivity index (χ0) is 14.7.